The van der Waals surface area contributed by atoms with Crippen LogP contribution < -0.4 is 0 Å². The molecule has 1 radical (unpaired) electrons. The van der Waals surface area contributed by atoms with Gasteiger partial charge in [-0.2, -0.15) is 13.2 Å². The van der Waals surface area contributed by atoms with E-state index in [1.54, 1.807) is 24.4 Å². The van der Waals surface area contributed by atoms with Crippen LogP contribution in [0.2, 0.25) is 0 Å². The molecule has 0 aliphatic rings. The summed E-state index contributed by atoms with van der Waals surface area (Å²) in [6, 6.07) is 22.0. The van der Waals surface area contributed by atoms with Crippen LogP contribution in [0.4, 0.5) is 13.2 Å². The molecule has 0 saturated heterocycles. The molecule has 3 rings (SSSR count). The second-order valence-corrected chi connectivity index (χ2v) is 6.26. The Morgan fingerprint density at radius 1 is 1.07 bits per heavy atom. The topological polar surface area (TPSA) is 44.1 Å². The smallest absolute Gasteiger partial charge is 0.432 e. The van der Waals surface area contributed by atoms with E-state index in [9.17, 15) is 18.0 Å². The van der Waals surface area contributed by atoms with E-state index >= 15 is 0 Å². The number of alkyl halides is 3. The van der Waals surface area contributed by atoms with Crippen molar-refractivity contribution in [1.29, 1.82) is 0 Å². The Balaban J connectivity index is 0.000000262. The molecular weight excluding hydrogens is 552 g/mol. The molecule has 0 fully saturated rings. The van der Waals surface area contributed by atoms with E-state index in [-0.39, 0.29) is 26.7 Å². The average Bonchev–Trinajstić information content (AvgIpc) is 2.68. The van der Waals surface area contributed by atoms with Crippen LogP contribution in [-0.2, 0) is 31.4 Å². The number of aromatic nitrogens is 1. The van der Waals surface area contributed by atoms with Crippen LogP contribution >= 0.6 is 8.19 Å². The third-order valence-corrected chi connectivity index (χ3v) is 4.11. The summed E-state index contributed by atoms with van der Waals surface area (Å²) in [5.74, 6) is -0.194. The number of carbonyl (C=O) groups is 1. The normalized spacial score (nSPS) is 10.3. The fourth-order valence-corrected chi connectivity index (χ4v) is 2.63. The summed E-state index contributed by atoms with van der Waals surface area (Å²) in [7, 11) is 0.312. The van der Waals surface area contributed by atoms with Crippen molar-refractivity contribution in [3.63, 3.8) is 0 Å². The van der Waals surface area contributed by atoms with Crippen molar-refractivity contribution >= 4 is 14.1 Å². The maximum atomic E-state index is 11.7. The molecule has 3 nitrogen and oxygen atoms in total. The fraction of sp³-hybridized carbons (Fsp3) is 0.105. The molecule has 3 aromatic rings. The number of hydrogen-bond acceptors (Lipinski definition) is 2. The number of hydrogen-bond donors (Lipinski definition) is 0. The number of rotatable bonds is 3. The van der Waals surface area contributed by atoms with Gasteiger partial charge in [-0.1, -0.05) is 24.7 Å². The van der Waals surface area contributed by atoms with Crippen LogP contribution in [0.5, 0.6) is 0 Å². The van der Waals surface area contributed by atoms with Gasteiger partial charge in [-0.25, -0.2) is 0 Å². The van der Waals surface area contributed by atoms with Crippen LogP contribution in [0.15, 0.2) is 72.7 Å². The van der Waals surface area contributed by atoms with Crippen molar-refractivity contribution in [2.75, 3.05) is 0 Å². The maximum absolute atomic E-state index is 11.7. The van der Waals surface area contributed by atoms with E-state index in [2.05, 4.69) is 16.4 Å². The van der Waals surface area contributed by atoms with Crippen molar-refractivity contribution in [2.45, 2.75) is 12.7 Å². The molecule has 1 aromatic carbocycles. The van der Waals surface area contributed by atoms with Gasteiger partial charge in [0.1, 0.15) is 19.3 Å². The SMILES string of the molecule is O=C([N-]Cc1cccc[pH+]1)C(F)(F)F.[Ir].[c-]1ccccc1-c1ccccn1. The van der Waals surface area contributed by atoms with Gasteiger partial charge < -0.3 is 15.1 Å². The molecule has 0 bridgehead atoms. The van der Waals surface area contributed by atoms with Gasteiger partial charge >= 0.3 is 6.18 Å². The number of nitrogens with zero attached hydrogens (tertiary/aromatic N) is 2. The molecule has 0 aliphatic carbocycles. The van der Waals surface area contributed by atoms with Crippen molar-refractivity contribution in [3.8, 4) is 11.3 Å². The van der Waals surface area contributed by atoms with Crippen molar-refractivity contribution in [2.24, 2.45) is 0 Å². The van der Waals surface area contributed by atoms with Gasteiger partial charge in [0.25, 0.3) is 0 Å². The Bertz CT molecular complexity index is 766. The summed E-state index contributed by atoms with van der Waals surface area (Å²) in [5.41, 5.74) is 2.01. The van der Waals surface area contributed by atoms with E-state index in [1.807, 2.05) is 48.3 Å². The summed E-state index contributed by atoms with van der Waals surface area (Å²) in [6.07, 6.45) is -3.06. The second kappa shape index (κ2) is 11.6. The predicted octanol–water partition coefficient (Wildman–Crippen LogP) is 5.51. The summed E-state index contributed by atoms with van der Waals surface area (Å²) < 4.78 is 35.2. The Kier molecular flexibility index (Phi) is 9.87. The quantitative estimate of drug-likeness (QED) is 0.392. The first-order valence-corrected chi connectivity index (χ1v) is 8.67. The number of pyridine rings is 1. The molecule has 27 heavy (non-hydrogen) atoms. The predicted molar refractivity (Wildman–Crippen MR) is 97.0 cm³/mol. The first kappa shape index (κ1) is 23.0. The van der Waals surface area contributed by atoms with E-state index in [0.717, 1.165) is 16.6 Å². The zero-order valence-corrected chi connectivity index (χ0v) is 17.3. The van der Waals surface area contributed by atoms with Gasteiger partial charge in [0.15, 0.2) is 5.91 Å². The molecule has 8 heteroatoms. The van der Waals surface area contributed by atoms with E-state index in [0.29, 0.717) is 8.19 Å². The van der Waals surface area contributed by atoms with E-state index < -0.39 is 12.1 Å². The Hall–Kier alpha value is -2.07. The first-order chi connectivity index (χ1) is 12.5. The minimum Gasteiger partial charge on any atom is -0.639 e. The average molecular weight is 568 g/mol. The molecule has 1 atom stereocenters. The third-order valence-electron chi connectivity index (χ3n) is 3.06. The van der Waals surface area contributed by atoms with Gasteiger partial charge in [-0.3, -0.25) is 0 Å². The van der Waals surface area contributed by atoms with Crippen molar-refractivity contribution < 1.29 is 38.1 Å². The zero-order valence-electron chi connectivity index (χ0n) is 13.9. The number of amides is 1. The van der Waals surface area contributed by atoms with Gasteiger partial charge in [-0.15, -0.1) is 35.9 Å². The van der Waals surface area contributed by atoms with Crippen LogP contribution in [-0.4, -0.2) is 17.1 Å². The zero-order chi connectivity index (χ0) is 18.8. The molecule has 1 unspecified atom stereocenters. The monoisotopic (exact) mass is 568 g/mol. The Morgan fingerprint density at radius 3 is 2.37 bits per heavy atom. The molecule has 0 spiro atoms. The van der Waals surface area contributed by atoms with Crippen molar-refractivity contribution in [1.82, 2.24) is 4.98 Å². The summed E-state index contributed by atoms with van der Waals surface area (Å²) in [6.45, 7) is -0.169. The van der Waals surface area contributed by atoms with Crippen LogP contribution in [0.25, 0.3) is 16.6 Å². The molecule has 0 saturated carbocycles. The summed E-state index contributed by atoms with van der Waals surface area (Å²) in [5, 5.41) is 3.67. The molecule has 143 valence electrons. The molecule has 0 aliphatic heterocycles. The van der Waals surface area contributed by atoms with Crippen LogP contribution in [0, 0.1) is 6.07 Å². The summed E-state index contributed by atoms with van der Waals surface area (Å²) >= 11 is 0. The van der Waals surface area contributed by atoms with Gasteiger partial charge in [-0.05, 0) is 23.9 Å². The second-order valence-electron chi connectivity index (χ2n) is 5.00. The maximum Gasteiger partial charge on any atom is 0.432 e. The molecule has 0 N–H and O–H groups in total. The number of halogens is 3. The van der Waals surface area contributed by atoms with Crippen LogP contribution in [0.3, 0.4) is 0 Å². The molecule has 1 amide bonds. The van der Waals surface area contributed by atoms with Crippen molar-refractivity contribution in [3.05, 3.63) is 89.3 Å². The fourth-order valence-electron chi connectivity index (χ4n) is 1.85. The Labute approximate surface area is 170 Å². The largest absolute Gasteiger partial charge is 0.639 e. The molecular formula is C19H15F3IrN2OP-. The minimum absolute atomic E-state index is 0. The standard InChI is InChI=1S/C11H8N.C8H7F3NOP.Ir/c1-2-6-10(7-3-1)11-8-4-5-9-12-11;9-8(10,11)7(13)12-5-6-3-1-2-4-14-6;/h1-6,8-9H;1-4H,5H2,(H,12,13);/q-1;;. The Morgan fingerprint density at radius 2 is 1.81 bits per heavy atom. The number of carbonyl (C=O) groups excluding carboxylic acids is 1. The number of benzene rings is 1. The first-order valence-electron chi connectivity index (χ1n) is 7.59. The summed E-state index contributed by atoms with van der Waals surface area (Å²) in [4.78, 5) is 14.6. The van der Waals surface area contributed by atoms with Gasteiger partial charge in [0.05, 0.1) is 0 Å². The third kappa shape index (κ3) is 8.44. The molecule has 2 aromatic heterocycles. The van der Waals surface area contributed by atoms with Gasteiger partial charge in [0.2, 0.25) is 0 Å². The molecule has 2 heterocycles. The van der Waals surface area contributed by atoms with Crippen LogP contribution in [0.1, 0.15) is 5.30 Å². The minimum atomic E-state index is -4.85. The van der Waals surface area contributed by atoms with E-state index in [1.165, 1.54) is 0 Å². The van der Waals surface area contributed by atoms with Gasteiger partial charge in [0, 0.05) is 26.3 Å². The van der Waals surface area contributed by atoms with E-state index in [4.69, 9.17) is 0 Å².